The average Bonchev–Trinajstić information content (AvgIpc) is 2.87. The summed E-state index contributed by atoms with van der Waals surface area (Å²) in [5.74, 6) is 0.699. The number of hydrogen-bond acceptors (Lipinski definition) is 2. The third kappa shape index (κ3) is 2.91. The largest absolute Gasteiger partial charge is 0.307 e. The van der Waals surface area contributed by atoms with Gasteiger partial charge in [0.2, 0.25) is 0 Å². The molecule has 1 aliphatic carbocycles. The molecule has 1 heterocycles. The van der Waals surface area contributed by atoms with E-state index in [9.17, 15) is 4.79 Å². The fourth-order valence-electron chi connectivity index (χ4n) is 3.07. The first-order valence-electron chi connectivity index (χ1n) is 8.04. The highest BCUT2D eigenvalue weighted by Gasteiger charge is 2.15. The fraction of sp³-hybridized carbons (Fsp3) is 0.444. The van der Waals surface area contributed by atoms with Crippen molar-refractivity contribution >= 4 is 11.7 Å². The number of anilines is 1. The van der Waals surface area contributed by atoms with Crippen molar-refractivity contribution in [3.63, 3.8) is 0 Å². The Labute approximate surface area is 131 Å². The number of aromatic nitrogens is 2. The Bertz CT molecular complexity index is 700. The summed E-state index contributed by atoms with van der Waals surface area (Å²) in [6.45, 7) is 6.05. The maximum atomic E-state index is 12.5. The van der Waals surface area contributed by atoms with Gasteiger partial charge in [-0.05, 0) is 69.7 Å². The summed E-state index contributed by atoms with van der Waals surface area (Å²) in [7, 11) is 0. The number of hydrogen-bond donors (Lipinski definition) is 1. The SMILES string of the molecule is Cc1cc(NC(=O)c2ccc3c(c2)CCCC3)n(C(C)C)n1. The summed E-state index contributed by atoms with van der Waals surface area (Å²) in [6, 6.07) is 8.22. The van der Waals surface area contributed by atoms with E-state index >= 15 is 0 Å². The third-order valence-corrected chi connectivity index (χ3v) is 4.20. The molecule has 2 aromatic rings. The van der Waals surface area contributed by atoms with Gasteiger partial charge in [0.1, 0.15) is 5.82 Å². The van der Waals surface area contributed by atoms with Crippen LogP contribution in [0.25, 0.3) is 0 Å². The van der Waals surface area contributed by atoms with Gasteiger partial charge in [-0.2, -0.15) is 5.10 Å². The third-order valence-electron chi connectivity index (χ3n) is 4.20. The molecule has 1 aromatic heterocycles. The minimum absolute atomic E-state index is 0.0600. The molecule has 0 saturated heterocycles. The van der Waals surface area contributed by atoms with E-state index in [1.165, 1.54) is 24.0 Å². The highest BCUT2D eigenvalue weighted by molar-refractivity contribution is 6.04. The van der Waals surface area contributed by atoms with Crippen LogP contribution in [0.3, 0.4) is 0 Å². The first-order valence-corrected chi connectivity index (χ1v) is 8.04. The van der Waals surface area contributed by atoms with Crippen LogP contribution in [0.2, 0.25) is 0 Å². The molecule has 1 N–H and O–H groups in total. The Morgan fingerprint density at radius 2 is 1.91 bits per heavy atom. The van der Waals surface area contributed by atoms with Crippen LogP contribution in [0.4, 0.5) is 5.82 Å². The second-order valence-electron chi connectivity index (χ2n) is 6.35. The minimum Gasteiger partial charge on any atom is -0.307 e. The van der Waals surface area contributed by atoms with Crippen LogP contribution in [0.1, 0.15) is 59.9 Å². The van der Waals surface area contributed by atoms with E-state index in [1.807, 2.05) is 29.8 Å². The number of aryl methyl sites for hydroxylation is 3. The second-order valence-corrected chi connectivity index (χ2v) is 6.35. The van der Waals surface area contributed by atoms with Crippen molar-refractivity contribution in [2.24, 2.45) is 0 Å². The molecule has 3 rings (SSSR count). The lowest BCUT2D eigenvalue weighted by molar-refractivity contribution is 0.102. The quantitative estimate of drug-likeness (QED) is 0.934. The summed E-state index contributed by atoms with van der Waals surface area (Å²) in [5.41, 5.74) is 4.36. The maximum absolute atomic E-state index is 12.5. The molecule has 0 unspecified atom stereocenters. The second kappa shape index (κ2) is 5.95. The molecule has 116 valence electrons. The zero-order valence-corrected chi connectivity index (χ0v) is 13.5. The van der Waals surface area contributed by atoms with Crippen molar-refractivity contribution in [3.05, 3.63) is 46.6 Å². The number of rotatable bonds is 3. The topological polar surface area (TPSA) is 46.9 Å². The number of fused-ring (bicyclic) bond motifs is 1. The fourth-order valence-corrected chi connectivity index (χ4v) is 3.07. The van der Waals surface area contributed by atoms with Crippen LogP contribution in [0.5, 0.6) is 0 Å². The van der Waals surface area contributed by atoms with Crippen molar-refractivity contribution in [3.8, 4) is 0 Å². The van der Waals surface area contributed by atoms with Gasteiger partial charge in [-0.3, -0.25) is 4.79 Å². The molecule has 0 bridgehead atoms. The van der Waals surface area contributed by atoms with Crippen molar-refractivity contribution < 1.29 is 4.79 Å². The normalized spacial score (nSPS) is 14.0. The number of nitrogens with zero attached hydrogens (tertiary/aromatic N) is 2. The molecule has 4 nitrogen and oxygen atoms in total. The van der Waals surface area contributed by atoms with Crippen molar-refractivity contribution in [1.29, 1.82) is 0 Å². The zero-order chi connectivity index (χ0) is 15.7. The van der Waals surface area contributed by atoms with Crippen LogP contribution in [0.15, 0.2) is 24.3 Å². The standard InChI is InChI=1S/C18H23N3O/c1-12(2)21-17(10-13(3)20-21)19-18(22)16-9-8-14-6-4-5-7-15(14)11-16/h8-12H,4-7H2,1-3H3,(H,19,22). The Balaban J connectivity index is 1.83. The highest BCUT2D eigenvalue weighted by Crippen LogP contribution is 2.23. The van der Waals surface area contributed by atoms with Crippen LogP contribution < -0.4 is 5.32 Å². The molecular weight excluding hydrogens is 274 g/mol. The lowest BCUT2D eigenvalue weighted by atomic mass is 9.90. The first kappa shape index (κ1) is 14.8. The van der Waals surface area contributed by atoms with E-state index in [-0.39, 0.29) is 11.9 Å². The smallest absolute Gasteiger partial charge is 0.256 e. The summed E-state index contributed by atoms with van der Waals surface area (Å²) in [6.07, 6.45) is 4.69. The average molecular weight is 297 g/mol. The van der Waals surface area contributed by atoms with Gasteiger partial charge < -0.3 is 5.32 Å². The van der Waals surface area contributed by atoms with E-state index in [0.717, 1.165) is 29.9 Å². The lowest BCUT2D eigenvalue weighted by Gasteiger charge is -2.17. The van der Waals surface area contributed by atoms with E-state index in [1.54, 1.807) is 0 Å². The van der Waals surface area contributed by atoms with Gasteiger partial charge in [0.25, 0.3) is 5.91 Å². The van der Waals surface area contributed by atoms with Gasteiger partial charge in [-0.25, -0.2) is 4.68 Å². The molecule has 0 spiro atoms. The Morgan fingerprint density at radius 1 is 1.18 bits per heavy atom. The number of carbonyl (C=O) groups is 1. The molecule has 22 heavy (non-hydrogen) atoms. The Morgan fingerprint density at radius 3 is 2.64 bits per heavy atom. The Hall–Kier alpha value is -2.10. The highest BCUT2D eigenvalue weighted by atomic mass is 16.1. The molecule has 0 aliphatic heterocycles. The molecular formula is C18H23N3O. The van der Waals surface area contributed by atoms with Gasteiger partial charge >= 0.3 is 0 Å². The van der Waals surface area contributed by atoms with Gasteiger partial charge in [-0.1, -0.05) is 6.07 Å². The molecule has 0 saturated carbocycles. The molecule has 1 aromatic carbocycles. The summed E-state index contributed by atoms with van der Waals surface area (Å²) in [4.78, 5) is 12.5. The summed E-state index contributed by atoms with van der Waals surface area (Å²) < 4.78 is 1.85. The van der Waals surface area contributed by atoms with Crippen LogP contribution in [-0.2, 0) is 12.8 Å². The van der Waals surface area contributed by atoms with Gasteiger partial charge in [-0.15, -0.1) is 0 Å². The number of benzene rings is 1. The molecule has 0 fully saturated rings. The molecule has 0 atom stereocenters. The van der Waals surface area contributed by atoms with Crippen molar-refractivity contribution in [1.82, 2.24) is 9.78 Å². The lowest BCUT2D eigenvalue weighted by Crippen LogP contribution is -2.17. The number of nitrogens with one attached hydrogen (secondary N) is 1. The number of carbonyl (C=O) groups excluding carboxylic acids is 1. The first-order chi connectivity index (χ1) is 10.5. The Kier molecular flexibility index (Phi) is 4.01. The molecule has 4 heteroatoms. The van der Waals surface area contributed by atoms with Crippen molar-refractivity contribution in [2.75, 3.05) is 5.32 Å². The van der Waals surface area contributed by atoms with E-state index in [2.05, 4.69) is 30.3 Å². The molecule has 1 amide bonds. The van der Waals surface area contributed by atoms with E-state index < -0.39 is 0 Å². The summed E-state index contributed by atoms with van der Waals surface area (Å²) >= 11 is 0. The maximum Gasteiger partial charge on any atom is 0.256 e. The predicted octanol–water partition coefficient (Wildman–Crippen LogP) is 3.90. The van der Waals surface area contributed by atoms with E-state index in [0.29, 0.717) is 0 Å². The minimum atomic E-state index is -0.0600. The molecule has 0 radical (unpaired) electrons. The monoisotopic (exact) mass is 297 g/mol. The van der Waals surface area contributed by atoms with Crippen LogP contribution in [0, 0.1) is 6.92 Å². The van der Waals surface area contributed by atoms with E-state index in [4.69, 9.17) is 0 Å². The van der Waals surface area contributed by atoms with Crippen molar-refractivity contribution in [2.45, 2.75) is 52.5 Å². The number of amides is 1. The predicted molar refractivity (Wildman–Crippen MR) is 88.4 cm³/mol. The molecule has 1 aliphatic rings. The summed E-state index contributed by atoms with van der Waals surface area (Å²) in [5, 5.41) is 7.43. The van der Waals surface area contributed by atoms with Gasteiger partial charge in [0.05, 0.1) is 5.69 Å². The van der Waals surface area contributed by atoms with Crippen LogP contribution in [-0.4, -0.2) is 15.7 Å². The van der Waals surface area contributed by atoms with Gasteiger partial charge in [0.15, 0.2) is 0 Å². The van der Waals surface area contributed by atoms with Gasteiger partial charge in [0, 0.05) is 17.7 Å². The van der Waals surface area contributed by atoms with Crippen LogP contribution >= 0.6 is 0 Å². The zero-order valence-electron chi connectivity index (χ0n) is 13.5.